The molecule has 20 heavy (non-hydrogen) atoms. The summed E-state index contributed by atoms with van der Waals surface area (Å²) in [6.45, 7) is 0.943. The molecule has 0 fully saturated rings. The summed E-state index contributed by atoms with van der Waals surface area (Å²) in [4.78, 5) is 11.4. The Balaban J connectivity index is 1.99. The van der Waals surface area contributed by atoms with Gasteiger partial charge in [0.05, 0.1) is 0 Å². The van der Waals surface area contributed by atoms with Crippen molar-refractivity contribution in [2.75, 3.05) is 18.5 Å². The SMILES string of the molecule is CN(c1ccccc1)c1ncccc1C1=NCCCC1. The quantitative estimate of drug-likeness (QED) is 0.844. The Morgan fingerprint density at radius 3 is 2.60 bits per heavy atom. The van der Waals surface area contributed by atoms with Crippen LogP contribution in [0.25, 0.3) is 0 Å². The molecule has 3 heteroatoms. The van der Waals surface area contributed by atoms with E-state index < -0.39 is 0 Å². The Morgan fingerprint density at radius 1 is 1.00 bits per heavy atom. The Kier molecular flexibility index (Phi) is 3.77. The molecule has 0 saturated heterocycles. The van der Waals surface area contributed by atoms with Gasteiger partial charge in [-0.1, -0.05) is 18.2 Å². The maximum Gasteiger partial charge on any atom is 0.141 e. The predicted octanol–water partition coefficient (Wildman–Crippen LogP) is 3.82. The van der Waals surface area contributed by atoms with Gasteiger partial charge in [0.1, 0.15) is 5.82 Å². The van der Waals surface area contributed by atoms with Crippen molar-refractivity contribution in [2.24, 2.45) is 4.99 Å². The molecule has 0 radical (unpaired) electrons. The van der Waals surface area contributed by atoms with E-state index in [0.717, 1.165) is 24.5 Å². The molecule has 3 rings (SSSR count). The third-order valence-corrected chi connectivity index (χ3v) is 3.68. The Morgan fingerprint density at radius 2 is 1.85 bits per heavy atom. The molecule has 0 atom stereocenters. The monoisotopic (exact) mass is 265 g/mol. The number of anilines is 2. The van der Waals surface area contributed by atoms with Gasteiger partial charge in [-0.15, -0.1) is 0 Å². The Labute approximate surface area is 120 Å². The van der Waals surface area contributed by atoms with Crippen LogP contribution in [0.5, 0.6) is 0 Å². The lowest BCUT2D eigenvalue weighted by molar-refractivity contribution is 0.738. The fourth-order valence-corrected chi connectivity index (χ4v) is 2.58. The number of rotatable bonds is 3. The van der Waals surface area contributed by atoms with Gasteiger partial charge in [0.25, 0.3) is 0 Å². The van der Waals surface area contributed by atoms with Crippen molar-refractivity contribution in [1.29, 1.82) is 0 Å². The molecular weight excluding hydrogens is 246 g/mol. The van der Waals surface area contributed by atoms with Crippen molar-refractivity contribution in [2.45, 2.75) is 19.3 Å². The number of pyridine rings is 1. The first kappa shape index (κ1) is 12.9. The second kappa shape index (κ2) is 5.87. The molecule has 2 aromatic rings. The average molecular weight is 265 g/mol. The van der Waals surface area contributed by atoms with Gasteiger partial charge < -0.3 is 4.90 Å². The fourth-order valence-electron chi connectivity index (χ4n) is 2.58. The topological polar surface area (TPSA) is 28.5 Å². The van der Waals surface area contributed by atoms with Gasteiger partial charge in [-0.05, 0) is 43.5 Å². The highest BCUT2D eigenvalue weighted by molar-refractivity contribution is 6.05. The van der Waals surface area contributed by atoms with Crippen LogP contribution in [0.1, 0.15) is 24.8 Å². The van der Waals surface area contributed by atoms with Crippen LogP contribution in [0.3, 0.4) is 0 Å². The van der Waals surface area contributed by atoms with Gasteiger partial charge in [0.15, 0.2) is 0 Å². The van der Waals surface area contributed by atoms with Crippen LogP contribution in [0.4, 0.5) is 11.5 Å². The summed E-state index contributed by atoms with van der Waals surface area (Å²) in [5.41, 5.74) is 3.50. The van der Waals surface area contributed by atoms with Crippen LogP contribution >= 0.6 is 0 Å². The molecule has 3 nitrogen and oxygen atoms in total. The number of benzene rings is 1. The standard InChI is InChI=1S/C17H19N3/c1-20(14-8-3-2-4-9-14)17-15(10-7-13-19-17)16-11-5-6-12-18-16/h2-4,7-10,13H,5-6,11-12H2,1H3. The van der Waals surface area contributed by atoms with Crippen LogP contribution in [0.15, 0.2) is 53.7 Å². The molecule has 0 saturated carbocycles. The predicted molar refractivity (Wildman–Crippen MR) is 84.0 cm³/mol. The number of hydrogen-bond acceptors (Lipinski definition) is 3. The first-order chi connectivity index (χ1) is 9.86. The lowest BCUT2D eigenvalue weighted by Gasteiger charge is -2.22. The van der Waals surface area contributed by atoms with E-state index in [4.69, 9.17) is 0 Å². The van der Waals surface area contributed by atoms with E-state index in [-0.39, 0.29) is 0 Å². The lowest BCUT2D eigenvalue weighted by Crippen LogP contribution is -2.17. The van der Waals surface area contributed by atoms with E-state index in [0.29, 0.717) is 0 Å². The lowest BCUT2D eigenvalue weighted by atomic mass is 10.0. The average Bonchev–Trinajstić information content (AvgIpc) is 2.56. The summed E-state index contributed by atoms with van der Waals surface area (Å²) < 4.78 is 0. The molecule has 0 spiro atoms. The van der Waals surface area contributed by atoms with Crippen LogP contribution in [0.2, 0.25) is 0 Å². The summed E-state index contributed by atoms with van der Waals surface area (Å²) >= 11 is 0. The van der Waals surface area contributed by atoms with Gasteiger partial charge in [-0.25, -0.2) is 4.98 Å². The normalized spacial score (nSPS) is 14.8. The van der Waals surface area contributed by atoms with E-state index in [1.807, 2.05) is 30.5 Å². The first-order valence-electron chi connectivity index (χ1n) is 7.14. The van der Waals surface area contributed by atoms with E-state index in [1.165, 1.54) is 24.1 Å². The maximum atomic E-state index is 4.69. The van der Waals surface area contributed by atoms with Crippen molar-refractivity contribution < 1.29 is 0 Å². The molecule has 1 aromatic heterocycles. The third-order valence-electron chi connectivity index (χ3n) is 3.68. The number of nitrogens with zero attached hydrogens (tertiary/aromatic N) is 3. The van der Waals surface area contributed by atoms with Crippen LogP contribution in [-0.2, 0) is 0 Å². The van der Waals surface area contributed by atoms with Crippen molar-refractivity contribution in [3.05, 3.63) is 54.2 Å². The highest BCUT2D eigenvalue weighted by Gasteiger charge is 2.16. The molecule has 1 aliphatic rings. The highest BCUT2D eigenvalue weighted by atomic mass is 15.2. The number of para-hydroxylation sites is 1. The minimum absolute atomic E-state index is 0.943. The fraction of sp³-hybridized carbons (Fsp3) is 0.294. The second-order valence-corrected chi connectivity index (χ2v) is 5.05. The number of aliphatic imine (C=N–C) groups is 1. The maximum absolute atomic E-state index is 4.69. The van der Waals surface area contributed by atoms with Gasteiger partial charge in [-0.3, -0.25) is 4.99 Å². The summed E-state index contributed by atoms with van der Waals surface area (Å²) in [5, 5.41) is 0. The molecule has 0 bridgehead atoms. The van der Waals surface area contributed by atoms with Crippen LogP contribution in [0, 0.1) is 0 Å². The van der Waals surface area contributed by atoms with Gasteiger partial charge >= 0.3 is 0 Å². The number of aromatic nitrogens is 1. The van der Waals surface area contributed by atoms with Crippen molar-refractivity contribution in [3.8, 4) is 0 Å². The smallest absolute Gasteiger partial charge is 0.141 e. The van der Waals surface area contributed by atoms with Crippen molar-refractivity contribution >= 4 is 17.2 Å². The molecule has 0 amide bonds. The van der Waals surface area contributed by atoms with Gasteiger partial charge in [0, 0.05) is 36.8 Å². The van der Waals surface area contributed by atoms with Gasteiger partial charge in [0.2, 0.25) is 0 Å². The third kappa shape index (κ3) is 2.57. The highest BCUT2D eigenvalue weighted by Crippen LogP contribution is 2.27. The van der Waals surface area contributed by atoms with E-state index in [2.05, 4.69) is 40.1 Å². The molecule has 1 aromatic carbocycles. The Hall–Kier alpha value is -2.16. The van der Waals surface area contributed by atoms with E-state index in [1.54, 1.807) is 0 Å². The summed E-state index contributed by atoms with van der Waals surface area (Å²) in [5.74, 6) is 0.986. The zero-order chi connectivity index (χ0) is 13.8. The van der Waals surface area contributed by atoms with E-state index in [9.17, 15) is 0 Å². The summed E-state index contributed by atoms with van der Waals surface area (Å²) in [7, 11) is 2.06. The first-order valence-corrected chi connectivity index (χ1v) is 7.14. The second-order valence-electron chi connectivity index (χ2n) is 5.05. The molecule has 102 valence electrons. The molecule has 1 aliphatic heterocycles. The molecule has 0 aliphatic carbocycles. The molecule has 0 N–H and O–H groups in total. The molecule has 0 unspecified atom stereocenters. The van der Waals surface area contributed by atoms with E-state index >= 15 is 0 Å². The zero-order valence-electron chi connectivity index (χ0n) is 11.8. The minimum Gasteiger partial charge on any atom is -0.329 e. The minimum atomic E-state index is 0.943. The van der Waals surface area contributed by atoms with Crippen molar-refractivity contribution in [1.82, 2.24) is 4.98 Å². The van der Waals surface area contributed by atoms with Crippen LogP contribution < -0.4 is 4.90 Å². The van der Waals surface area contributed by atoms with Gasteiger partial charge in [-0.2, -0.15) is 0 Å². The molecule has 2 heterocycles. The van der Waals surface area contributed by atoms with Crippen LogP contribution in [-0.4, -0.2) is 24.3 Å². The summed E-state index contributed by atoms with van der Waals surface area (Å²) in [6.07, 6.45) is 5.33. The summed E-state index contributed by atoms with van der Waals surface area (Å²) in [6, 6.07) is 14.4. The zero-order valence-corrected chi connectivity index (χ0v) is 11.8. The largest absolute Gasteiger partial charge is 0.329 e. The van der Waals surface area contributed by atoms with Crippen molar-refractivity contribution in [3.63, 3.8) is 0 Å². The number of hydrogen-bond donors (Lipinski definition) is 0. The Bertz CT molecular complexity index is 605. The molecular formula is C17H19N3.